The molecule has 2 aromatic rings. The third-order valence-electron chi connectivity index (χ3n) is 8.87. The number of carbonyl (C=O) groups is 1. The van der Waals surface area contributed by atoms with Gasteiger partial charge in [-0.2, -0.15) is 13.2 Å². The summed E-state index contributed by atoms with van der Waals surface area (Å²) in [6.45, 7) is 4.82. The number of nitrogens with zero attached hydrogens (tertiary/aromatic N) is 1. The summed E-state index contributed by atoms with van der Waals surface area (Å²) in [5.74, 6) is 0.419. The van der Waals surface area contributed by atoms with Gasteiger partial charge in [-0.05, 0) is 86.7 Å². The highest BCUT2D eigenvalue weighted by atomic mass is 19.4. The zero-order valence-corrected chi connectivity index (χ0v) is 19.2. The van der Waals surface area contributed by atoms with Gasteiger partial charge in [0.25, 0.3) is 0 Å². The van der Waals surface area contributed by atoms with Crippen LogP contribution in [0.5, 0.6) is 0 Å². The number of rotatable bonds is 4. The third-order valence-corrected chi connectivity index (χ3v) is 8.87. The maximum Gasteiger partial charge on any atom is 0.416 e. The summed E-state index contributed by atoms with van der Waals surface area (Å²) in [5.41, 5.74) is 1.76. The van der Waals surface area contributed by atoms with Crippen LogP contribution in [0, 0.1) is 17.3 Å². The smallest absolute Gasteiger partial charge is 0.416 e. The minimum atomic E-state index is -4.35. The second-order valence-electron chi connectivity index (χ2n) is 10.7. The van der Waals surface area contributed by atoms with E-state index in [9.17, 15) is 23.1 Å². The summed E-state index contributed by atoms with van der Waals surface area (Å²) in [6, 6.07) is 4.03. The molecule has 1 saturated heterocycles. The van der Waals surface area contributed by atoms with Gasteiger partial charge in [0.2, 0.25) is 0 Å². The van der Waals surface area contributed by atoms with Gasteiger partial charge in [-0.15, -0.1) is 0 Å². The van der Waals surface area contributed by atoms with E-state index in [-0.39, 0.29) is 5.92 Å². The van der Waals surface area contributed by atoms with Crippen LogP contribution in [-0.2, 0) is 17.4 Å². The van der Waals surface area contributed by atoms with Crippen LogP contribution in [0.25, 0.3) is 10.9 Å². The number of piperidine rings is 1. The summed E-state index contributed by atoms with van der Waals surface area (Å²) in [6.07, 6.45) is 2.96. The number of aromatic nitrogens is 1. The molecule has 2 N–H and O–H groups in total. The van der Waals surface area contributed by atoms with Gasteiger partial charge in [0, 0.05) is 23.1 Å². The first-order chi connectivity index (χ1) is 15.7. The summed E-state index contributed by atoms with van der Waals surface area (Å²) >= 11 is 0. The van der Waals surface area contributed by atoms with Crippen LogP contribution in [0.4, 0.5) is 13.2 Å². The molecule has 1 unspecified atom stereocenters. The van der Waals surface area contributed by atoms with Crippen molar-refractivity contribution in [3.8, 4) is 0 Å². The fourth-order valence-corrected chi connectivity index (χ4v) is 6.90. The Kier molecular flexibility index (Phi) is 5.74. The molecule has 0 radical (unpaired) electrons. The highest BCUT2D eigenvalue weighted by Crippen LogP contribution is 2.47. The van der Waals surface area contributed by atoms with E-state index in [4.69, 9.17) is 0 Å². The molecule has 2 heterocycles. The number of hydrogen-bond donors (Lipinski definition) is 2. The lowest BCUT2D eigenvalue weighted by Crippen LogP contribution is -2.47. The van der Waals surface area contributed by atoms with Gasteiger partial charge in [-0.25, -0.2) is 0 Å². The minimum Gasteiger partial charge on any atom is -0.481 e. The van der Waals surface area contributed by atoms with Crippen LogP contribution >= 0.6 is 0 Å². The average molecular weight is 463 g/mol. The number of hydrogen-bond acceptors (Lipinski definition) is 2. The number of halogens is 3. The molecule has 1 saturated carbocycles. The fraction of sp³-hybridized carbons (Fsp3) is 0.654. The second kappa shape index (κ2) is 8.33. The lowest BCUT2D eigenvalue weighted by Gasteiger charge is -2.45. The fourth-order valence-electron chi connectivity index (χ4n) is 6.90. The van der Waals surface area contributed by atoms with Crippen LogP contribution < -0.4 is 0 Å². The normalized spacial score (nSPS) is 27.8. The zero-order valence-electron chi connectivity index (χ0n) is 19.2. The summed E-state index contributed by atoms with van der Waals surface area (Å²) in [4.78, 5) is 17.9. The Hall–Kier alpha value is -2.02. The van der Waals surface area contributed by atoms with Crippen LogP contribution in [-0.4, -0.2) is 40.6 Å². The number of carboxylic acid groups (broad SMARTS) is 1. The van der Waals surface area contributed by atoms with Crippen molar-refractivity contribution in [3.63, 3.8) is 0 Å². The van der Waals surface area contributed by atoms with Crippen molar-refractivity contribution in [2.24, 2.45) is 17.3 Å². The molecular weight excluding hydrogens is 429 g/mol. The Morgan fingerprint density at radius 3 is 2.70 bits per heavy atom. The minimum absolute atomic E-state index is 0.168. The largest absolute Gasteiger partial charge is 0.481 e. The number of nitrogens with one attached hydrogen (secondary N) is 1. The summed E-state index contributed by atoms with van der Waals surface area (Å²) in [7, 11) is 0. The molecule has 3 atom stereocenters. The SMILES string of the molecule is C[C@H]1c2c([nH]c3ccc(C(F)(F)F)cc23)C[C@H]2CCN(CCC3(C(=O)O)CCCCC3)CC21. The molecule has 1 aliphatic heterocycles. The van der Waals surface area contributed by atoms with Crippen LogP contribution in [0.1, 0.15) is 74.6 Å². The first kappa shape index (κ1) is 22.8. The molecule has 1 aromatic heterocycles. The van der Waals surface area contributed by atoms with Crippen molar-refractivity contribution in [2.75, 3.05) is 19.6 Å². The monoisotopic (exact) mass is 462 g/mol. The Balaban J connectivity index is 1.35. The molecule has 33 heavy (non-hydrogen) atoms. The van der Waals surface area contributed by atoms with Crippen LogP contribution in [0.3, 0.4) is 0 Å². The van der Waals surface area contributed by atoms with Gasteiger partial charge in [0.15, 0.2) is 0 Å². The molecule has 2 fully saturated rings. The van der Waals surface area contributed by atoms with Crippen molar-refractivity contribution in [1.29, 1.82) is 0 Å². The van der Waals surface area contributed by atoms with Crippen molar-refractivity contribution < 1.29 is 23.1 Å². The van der Waals surface area contributed by atoms with Crippen molar-refractivity contribution in [2.45, 2.75) is 70.4 Å². The highest BCUT2D eigenvalue weighted by molar-refractivity contribution is 5.86. The van der Waals surface area contributed by atoms with E-state index >= 15 is 0 Å². The summed E-state index contributed by atoms with van der Waals surface area (Å²) < 4.78 is 40.0. The van der Waals surface area contributed by atoms with E-state index in [2.05, 4.69) is 16.8 Å². The quantitative estimate of drug-likeness (QED) is 0.568. The number of likely N-dealkylation sites (tertiary alicyclic amines) is 1. The molecule has 0 spiro atoms. The second-order valence-corrected chi connectivity index (χ2v) is 10.7. The van der Waals surface area contributed by atoms with Crippen molar-refractivity contribution in [3.05, 3.63) is 35.0 Å². The molecule has 3 aliphatic rings. The maximum atomic E-state index is 13.3. The van der Waals surface area contributed by atoms with E-state index in [1.54, 1.807) is 6.07 Å². The van der Waals surface area contributed by atoms with Gasteiger partial charge in [-0.3, -0.25) is 4.79 Å². The Labute approximate surface area is 192 Å². The molecule has 4 nitrogen and oxygen atoms in total. The average Bonchev–Trinajstić information content (AvgIpc) is 3.15. The predicted octanol–water partition coefficient (Wildman–Crippen LogP) is 6.21. The molecule has 180 valence electrons. The Morgan fingerprint density at radius 1 is 1.24 bits per heavy atom. The van der Waals surface area contributed by atoms with E-state index in [0.717, 1.165) is 87.4 Å². The predicted molar refractivity (Wildman–Crippen MR) is 121 cm³/mol. The van der Waals surface area contributed by atoms with Crippen LogP contribution in [0.2, 0.25) is 0 Å². The lowest BCUT2D eigenvalue weighted by atomic mass is 9.67. The first-order valence-corrected chi connectivity index (χ1v) is 12.4. The highest BCUT2D eigenvalue weighted by Gasteiger charge is 2.43. The number of aromatic amines is 1. The number of aliphatic carboxylic acids is 1. The Morgan fingerprint density at radius 2 is 2.00 bits per heavy atom. The van der Waals surface area contributed by atoms with E-state index in [1.165, 1.54) is 6.07 Å². The van der Waals surface area contributed by atoms with Gasteiger partial charge in [0.1, 0.15) is 0 Å². The van der Waals surface area contributed by atoms with Gasteiger partial charge in [-0.1, -0.05) is 26.2 Å². The number of carboxylic acids is 1. The lowest BCUT2D eigenvalue weighted by molar-refractivity contribution is -0.152. The van der Waals surface area contributed by atoms with E-state index in [1.807, 2.05) is 0 Å². The molecule has 1 aromatic carbocycles. The number of H-pyrrole nitrogens is 1. The molecule has 0 bridgehead atoms. The molecular formula is C26H33F3N2O2. The van der Waals surface area contributed by atoms with Gasteiger partial charge < -0.3 is 15.0 Å². The molecule has 7 heteroatoms. The number of benzene rings is 1. The summed E-state index contributed by atoms with van der Waals surface area (Å²) in [5, 5.41) is 10.6. The van der Waals surface area contributed by atoms with Crippen molar-refractivity contribution >= 4 is 16.9 Å². The third kappa shape index (κ3) is 4.07. The molecule has 0 amide bonds. The maximum absolute atomic E-state index is 13.3. The van der Waals surface area contributed by atoms with Crippen LogP contribution in [0.15, 0.2) is 18.2 Å². The van der Waals surface area contributed by atoms with E-state index < -0.39 is 23.1 Å². The molecule has 5 rings (SSSR count). The van der Waals surface area contributed by atoms with Crippen molar-refractivity contribution in [1.82, 2.24) is 9.88 Å². The molecule has 2 aliphatic carbocycles. The van der Waals surface area contributed by atoms with Gasteiger partial charge >= 0.3 is 12.1 Å². The zero-order chi connectivity index (χ0) is 23.4. The van der Waals surface area contributed by atoms with Gasteiger partial charge in [0.05, 0.1) is 11.0 Å². The topological polar surface area (TPSA) is 56.3 Å². The number of alkyl halides is 3. The number of fused-ring (bicyclic) bond motifs is 4. The standard InChI is InChI=1S/C26H33F3N2O2/c1-16-20-15-31(12-10-25(24(32)33)8-3-2-4-9-25)11-7-17(20)13-22-23(16)19-14-18(26(27,28)29)5-6-21(19)30-22/h5-6,14,16-17,20,30H,2-4,7-13,15H2,1H3,(H,32,33)/t16-,17-,20?/m1/s1. The van der Waals surface area contributed by atoms with E-state index in [0.29, 0.717) is 23.6 Å². The first-order valence-electron chi connectivity index (χ1n) is 12.4. The Bertz CT molecular complexity index is 1040.